The van der Waals surface area contributed by atoms with E-state index in [1.54, 1.807) is 37.6 Å². The number of nitrogens with zero attached hydrogens (tertiary/aromatic N) is 1. The Morgan fingerprint density at radius 1 is 1.30 bits per heavy atom. The summed E-state index contributed by atoms with van der Waals surface area (Å²) in [6, 6.07) is 4.94. The SMILES string of the molecule is CNc1cnccc1C(=O)Nc1c(Cl)cc(Br)cc1Cl. The van der Waals surface area contributed by atoms with E-state index in [2.05, 4.69) is 31.5 Å². The fourth-order valence-electron chi connectivity index (χ4n) is 1.63. The van der Waals surface area contributed by atoms with Gasteiger partial charge in [0.25, 0.3) is 5.91 Å². The highest BCUT2D eigenvalue weighted by Gasteiger charge is 2.15. The number of hydrogen-bond acceptors (Lipinski definition) is 3. The van der Waals surface area contributed by atoms with Crippen LogP contribution < -0.4 is 10.6 Å². The van der Waals surface area contributed by atoms with Crippen LogP contribution in [0.5, 0.6) is 0 Å². The average Bonchev–Trinajstić information content (AvgIpc) is 2.42. The Morgan fingerprint density at radius 2 is 1.95 bits per heavy atom. The molecule has 104 valence electrons. The summed E-state index contributed by atoms with van der Waals surface area (Å²) in [4.78, 5) is 16.2. The lowest BCUT2D eigenvalue weighted by molar-refractivity contribution is 0.102. The maximum Gasteiger partial charge on any atom is 0.257 e. The molecule has 0 radical (unpaired) electrons. The van der Waals surface area contributed by atoms with Crippen LogP contribution in [0.15, 0.2) is 35.1 Å². The van der Waals surface area contributed by atoms with Gasteiger partial charge in [-0.1, -0.05) is 39.1 Å². The van der Waals surface area contributed by atoms with Gasteiger partial charge in [0.1, 0.15) is 0 Å². The Hall–Kier alpha value is -1.30. The summed E-state index contributed by atoms with van der Waals surface area (Å²) in [5, 5.41) is 6.33. The highest BCUT2D eigenvalue weighted by atomic mass is 79.9. The number of benzene rings is 1. The van der Waals surface area contributed by atoms with Gasteiger partial charge in [-0.05, 0) is 18.2 Å². The maximum atomic E-state index is 12.3. The van der Waals surface area contributed by atoms with Crippen molar-refractivity contribution in [2.45, 2.75) is 0 Å². The summed E-state index contributed by atoms with van der Waals surface area (Å²) in [6.07, 6.45) is 3.11. The largest absolute Gasteiger partial charge is 0.386 e. The molecule has 1 heterocycles. The minimum absolute atomic E-state index is 0.317. The molecule has 1 amide bonds. The third-order valence-corrected chi connectivity index (χ3v) is 3.63. The molecule has 2 N–H and O–H groups in total. The molecular formula is C13H10BrCl2N3O. The molecule has 7 heteroatoms. The molecule has 2 aromatic rings. The number of anilines is 2. The molecular weight excluding hydrogens is 365 g/mol. The minimum Gasteiger partial charge on any atom is -0.386 e. The normalized spacial score (nSPS) is 10.2. The molecule has 0 bridgehead atoms. The highest BCUT2D eigenvalue weighted by molar-refractivity contribution is 9.10. The Balaban J connectivity index is 2.33. The van der Waals surface area contributed by atoms with Gasteiger partial charge < -0.3 is 10.6 Å². The smallest absolute Gasteiger partial charge is 0.257 e. The molecule has 4 nitrogen and oxygen atoms in total. The van der Waals surface area contributed by atoms with Crippen LogP contribution in [0.1, 0.15) is 10.4 Å². The molecule has 0 aliphatic rings. The second kappa shape index (κ2) is 6.43. The van der Waals surface area contributed by atoms with Gasteiger partial charge in [0, 0.05) is 17.7 Å². The molecule has 20 heavy (non-hydrogen) atoms. The van der Waals surface area contributed by atoms with Crippen LogP contribution in [0.3, 0.4) is 0 Å². The second-order valence-corrected chi connectivity index (χ2v) is 5.60. The molecule has 0 aliphatic heterocycles. The summed E-state index contributed by atoms with van der Waals surface area (Å²) in [5.41, 5.74) is 1.45. The van der Waals surface area contributed by atoms with Crippen LogP contribution in [0.4, 0.5) is 11.4 Å². The number of aromatic nitrogens is 1. The van der Waals surface area contributed by atoms with Crippen molar-refractivity contribution in [3.8, 4) is 0 Å². The summed E-state index contributed by atoms with van der Waals surface area (Å²) < 4.78 is 0.741. The maximum absolute atomic E-state index is 12.3. The summed E-state index contributed by atoms with van der Waals surface area (Å²) in [6.45, 7) is 0. The number of carbonyl (C=O) groups excluding carboxylic acids is 1. The first-order valence-electron chi connectivity index (χ1n) is 5.60. The number of rotatable bonds is 3. The van der Waals surface area contributed by atoms with Gasteiger partial charge in [0.05, 0.1) is 33.2 Å². The van der Waals surface area contributed by atoms with E-state index in [1.165, 1.54) is 0 Å². The molecule has 0 atom stereocenters. The number of halogens is 3. The first kappa shape index (κ1) is 15.1. The van der Waals surface area contributed by atoms with Crippen LogP contribution in [-0.4, -0.2) is 17.9 Å². The Kier molecular flexibility index (Phi) is 4.86. The van der Waals surface area contributed by atoms with Gasteiger partial charge in [-0.2, -0.15) is 0 Å². The van der Waals surface area contributed by atoms with Gasteiger partial charge in [-0.15, -0.1) is 0 Å². The zero-order chi connectivity index (χ0) is 14.7. The first-order chi connectivity index (χ1) is 9.52. The lowest BCUT2D eigenvalue weighted by Crippen LogP contribution is -2.14. The predicted molar refractivity (Wildman–Crippen MR) is 85.9 cm³/mol. The predicted octanol–water partition coefficient (Wildman–Crippen LogP) is 4.44. The highest BCUT2D eigenvalue weighted by Crippen LogP contribution is 2.34. The third-order valence-electron chi connectivity index (χ3n) is 2.58. The van der Waals surface area contributed by atoms with E-state index in [0.29, 0.717) is 27.0 Å². The van der Waals surface area contributed by atoms with E-state index in [9.17, 15) is 4.79 Å². The van der Waals surface area contributed by atoms with Crippen molar-refractivity contribution in [2.75, 3.05) is 17.7 Å². The van der Waals surface area contributed by atoms with Gasteiger partial charge in [0.2, 0.25) is 0 Å². The molecule has 2 rings (SSSR count). The quantitative estimate of drug-likeness (QED) is 0.834. The van der Waals surface area contributed by atoms with Crippen LogP contribution >= 0.6 is 39.1 Å². The summed E-state index contributed by atoms with van der Waals surface area (Å²) >= 11 is 15.4. The fraction of sp³-hybridized carbons (Fsp3) is 0.0769. The Morgan fingerprint density at radius 3 is 2.55 bits per heavy atom. The fourth-order valence-corrected chi connectivity index (χ4v) is 2.94. The molecule has 0 saturated carbocycles. The number of amides is 1. The molecule has 1 aromatic heterocycles. The standard InChI is InChI=1S/C13H10BrCl2N3O/c1-17-11-6-18-3-2-8(11)13(20)19-12-9(15)4-7(14)5-10(12)16/h2-6,17H,1H3,(H,19,20). The van der Waals surface area contributed by atoms with E-state index >= 15 is 0 Å². The zero-order valence-corrected chi connectivity index (χ0v) is 13.5. The van der Waals surface area contributed by atoms with Crippen LogP contribution in [0.25, 0.3) is 0 Å². The van der Waals surface area contributed by atoms with Gasteiger partial charge in [-0.25, -0.2) is 0 Å². The van der Waals surface area contributed by atoms with E-state index in [0.717, 1.165) is 4.47 Å². The topological polar surface area (TPSA) is 54.0 Å². The lowest BCUT2D eigenvalue weighted by Gasteiger charge is -2.12. The van der Waals surface area contributed by atoms with E-state index in [-0.39, 0.29) is 5.91 Å². The lowest BCUT2D eigenvalue weighted by atomic mass is 10.2. The van der Waals surface area contributed by atoms with E-state index in [1.807, 2.05) is 0 Å². The second-order valence-electron chi connectivity index (χ2n) is 3.87. The first-order valence-corrected chi connectivity index (χ1v) is 7.15. The van der Waals surface area contributed by atoms with Crippen molar-refractivity contribution in [3.05, 3.63) is 50.7 Å². The Bertz CT molecular complexity index is 641. The minimum atomic E-state index is -0.317. The summed E-state index contributed by atoms with van der Waals surface area (Å²) in [7, 11) is 1.72. The van der Waals surface area contributed by atoms with Gasteiger partial charge in [0.15, 0.2) is 0 Å². The Labute approximate surface area is 134 Å². The molecule has 0 saturated heterocycles. The van der Waals surface area contributed by atoms with Crippen molar-refractivity contribution in [3.63, 3.8) is 0 Å². The van der Waals surface area contributed by atoms with Crippen LogP contribution in [0, 0.1) is 0 Å². The van der Waals surface area contributed by atoms with Crippen LogP contribution in [-0.2, 0) is 0 Å². The average molecular weight is 375 g/mol. The van der Waals surface area contributed by atoms with Crippen molar-refractivity contribution in [2.24, 2.45) is 0 Å². The number of hydrogen-bond donors (Lipinski definition) is 2. The summed E-state index contributed by atoms with van der Waals surface area (Å²) in [5.74, 6) is -0.317. The van der Waals surface area contributed by atoms with Crippen molar-refractivity contribution in [1.82, 2.24) is 4.98 Å². The molecule has 0 unspecified atom stereocenters. The monoisotopic (exact) mass is 373 g/mol. The van der Waals surface area contributed by atoms with Gasteiger partial charge in [-0.3, -0.25) is 9.78 Å². The molecule has 0 spiro atoms. The van der Waals surface area contributed by atoms with E-state index in [4.69, 9.17) is 23.2 Å². The van der Waals surface area contributed by atoms with Crippen molar-refractivity contribution >= 4 is 56.4 Å². The van der Waals surface area contributed by atoms with Gasteiger partial charge >= 0.3 is 0 Å². The van der Waals surface area contributed by atoms with Crippen molar-refractivity contribution < 1.29 is 4.79 Å². The number of nitrogens with one attached hydrogen (secondary N) is 2. The molecule has 0 aliphatic carbocycles. The number of carbonyl (C=O) groups is 1. The number of pyridine rings is 1. The zero-order valence-electron chi connectivity index (χ0n) is 10.4. The van der Waals surface area contributed by atoms with E-state index < -0.39 is 0 Å². The van der Waals surface area contributed by atoms with Crippen molar-refractivity contribution in [1.29, 1.82) is 0 Å². The molecule has 1 aromatic carbocycles. The molecule has 0 fully saturated rings. The van der Waals surface area contributed by atoms with Crippen LogP contribution in [0.2, 0.25) is 10.0 Å². The third kappa shape index (κ3) is 3.23.